The molecule has 0 radical (unpaired) electrons. The van der Waals surface area contributed by atoms with Crippen molar-refractivity contribution in [1.82, 2.24) is 0 Å². The molecule has 168 valence electrons. The maximum Gasteiger partial charge on any atom is 0.330 e. The SMILES string of the molecule is COC(=O)/C=C/C(C(=O)c1ccccc1)=P(c1ccccc1)(c1ccccc1)c1ccccc1. The molecular formula is C30H25O3P. The predicted molar refractivity (Wildman–Crippen MR) is 142 cm³/mol. The summed E-state index contributed by atoms with van der Waals surface area (Å²) >= 11 is 0. The summed E-state index contributed by atoms with van der Waals surface area (Å²) in [6, 6.07) is 39.5. The van der Waals surface area contributed by atoms with E-state index in [0.29, 0.717) is 10.9 Å². The van der Waals surface area contributed by atoms with Gasteiger partial charge in [0, 0.05) is 16.9 Å². The van der Waals surface area contributed by atoms with Gasteiger partial charge in [-0.15, -0.1) is 0 Å². The summed E-state index contributed by atoms with van der Waals surface area (Å²) in [5, 5.41) is 3.65. The Morgan fingerprint density at radius 1 is 0.588 bits per heavy atom. The van der Waals surface area contributed by atoms with Gasteiger partial charge in [-0.05, 0) is 28.9 Å². The molecular weight excluding hydrogens is 439 g/mol. The highest BCUT2D eigenvalue weighted by atomic mass is 31.2. The average molecular weight is 465 g/mol. The van der Waals surface area contributed by atoms with E-state index in [2.05, 4.69) is 36.4 Å². The van der Waals surface area contributed by atoms with Crippen LogP contribution < -0.4 is 15.9 Å². The van der Waals surface area contributed by atoms with E-state index in [1.807, 2.05) is 84.9 Å². The maximum atomic E-state index is 14.2. The lowest BCUT2D eigenvalue weighted by atomic mass is 10.1. The number of rotatable bonds is 7. The number of carbonyl (C=O) groups excluding carboxylic acids is 2. The number of ketones is 1. The van der Waals surface area contributed by atoms with E-state index in [9.17, 15) is 9.59 Å². The Bertz CT molecular complexity index is 1240. The standard InChI is InChI=1S/C30H25O3P/c1-33-29(31)23-22-28(30(32)24-14-6-2-7-15-24)34(25-16-8-3-9-17-25,26-18-10-4-11-19-26)27-20-12-5-13-21-27/h2-23H,1H3/b23-22+. The molecule has 4 aromatic carbocycles. The third-order valence-corrected chi connectivity index (χ3v) is 9.93. The van der Waals surface area contributed by atoms with Crippen molar-refractivity contribution in [2.75, 3.05) is 7.11 Å². The Hall–Kier alpha value is -3.94. The maximum absolute atomic E-state index is 14.2. The minimum absolute atomic E-state index is 0.120. The van der Waals surface area contributed by atoms with E-state index in [1.165, 1.54) is 13.2 Å². The fourth-order valence-electron chi connectivity index (χ4n) is 4.11. The number of hydrogen-bond donors (Lipinski definition) is 0. The van der Waals surface area contributed by atoms with Gasteiger partial charge in [-0.1, -0.05) is 121 Å². The lowest BCUT2D eigenvalue weighted by Crippen LogP contribution is -2.33. The van der Waals surface area contributed by atoms with E-state index in [0.717, 1.165) is 15.9 Å². The molecule has 0 heterocycles. The number of allylic oxidation sites excluding steroid dienone is 1. The number of carbonyl (C=O) groups is 2. The lowest BCUT2D eigenvalue weighted by Gasteiger charge is -2.31. The summed E-state index contributed by atoms with van der Waals surface area (Å²) in [6.07, 6.45) is 3.00. The predicted octanol–water partition coefficient (Wildman–Crippen LogP) is 4.77. The van der Waals surface area contributed by atoms with Crippen LogP contribution in [0.25, 0.3) is 0 Å². The summed E-state index contributed by atoms with van der Waals surface area (Å²) in [4.78, 5) is 26.4. The van der Waals surface area contributed by atoms with Gasteiger partial charge < -0.3 is 4.74 Å². The van der Waals surface area contributed by atoms with Crippen LogP contribution >= 0.6 is 6.89 Å². The molecule has 0 aliphatic rings. The highest BCUT2D eigenvalue weighted by molar-refractivity contribution is 7.96. The zero-order valence-electron chi connectivity index (χ0n) is 18.9. The number of methoxy groups -OCH3 is 1. The first kappa shape index (κ1) is 23.2. The second kappa shape index (κ2) is 10.8. The van der Waals surface area contributed by atoms with Crippen LogP contribution in [0.15, 0.2) is 133 Å². The molecule has 0 amide bonds. The van der Waals surface area contributed by atoms with E-state index in [4.69, 9.17) is 4.74 Å². The topological polar surface area (TPSA) is 43.4 Å². The second-order valence-electron chi connectivity index (χ2n) is 7.61. The molecule has 0 aliphatic heterocycles. The minimum Gasteiger partial charge on any atom is -0.466 e. The van der Waals surface area contributed by atoms with Crippen LogP contribution in [0.1, 0.15) is 10.4 Å². The molecule has 0 aliphatic carbocycles. The van der Waals surface area contributed by atoms with E-state index >= 15 is 0 Å². The summed E-state index contributed by atoms with van der Waals surface area (Å²) < 4.78 is 4.88. The Morgan fingerprint density at radius 3 is 1.35 bits per heavy atom. The van der Waals surface area contributed by atoms with Crippen molar-refractivity contribution < 1.29 is 14.3 Å². The largest absolute Gasteiger partial charge is 0.466 e. The van der Waals surface area contributed by atoms with Gasteiger partial charge >= 0.3 is 5.97 Å². The number of benzene rings is 4. The minimum atomic E-state index is -2.68. The van der Waals surface area contributed by atoms with E-state index in [-0.39, 0.29) is 5.78 Å². The highest BCUT2D eigenvalue weighted by Crippen LogP contribution is 2.47. The molecule has 3 nitrogen and oxygen atoms in total. The Labute approximate surface area is 200 Å². The third kappa shape index (κ3) is 4.57. The first-order valence-corrected chi connectivity index (χ1v) is 12.8. The molecule has 0 N–H and O–H groups in total. The van der Waals surface area contributed by atoms with Crippen LogP contribution in [0.3, 0.4) is 0 Å². The molecule has 0 saturated carbocycles. The Kier molecular flexibility index (Phi) is 7.37. The molecule has 0 unspecified atom stereocenters. The molecule has 4 heteroatoms. The monoisotopic (exact) mass is 464 g/mol. The van der Waals surface area contributed by atoms with Crippen LogP contribution in [0.2, 0.25) is 0 Å². The molecule has 4 rings (SSSR count). The molecule has 4 aromatic rings. The number of ether oxygens (including phenoxy) is 1. The third-order valence-electron chi connectivity index (χ3n) is 5.64. The molecule has 0 spiro atoms. The number of esters is 1. The number of hydrogen-bond acceptors (Lipinski definition) is 3. The molecule has 0 atom stereocenters. The van der Waals surface area contributed by atoms with Crippen LogP contribution in [0, 0.1) is 0 Å². The average Bonchev–Trinajstić information content (AvgIpc) is 2.92. The van der Waals surface area contributed by atoms with Gasteiger partial charge in [0.1, 0.15) is 0 Å². The van der Waals surface area contributed by atoms with Crippen molar-refractivity contribution in [3.05, 3.63) is 139 Å². The zero-order chi connectivity index (χ0) is 23.8. The van der Waals surface area contributed by atoms with Crippen LogP contribution in [-0.4, -0.2) is 24.2 Å². The molecule has 0 fully saturated rings. The summed E-state index contributed by atoms with van der Waals surface area (Å²) in [5.41, 5.74) is 0.569. The normalized spacial score (nSPS) is 11.2. The van der Waals surface area contributed by atoms with Gasteiger partial charge in [0.25, 0.3) is 0 Å². The fourth-order valence-corrected chi connectivity index (χ4v) is 8.43. The van der Waals surface area contributed by atoms with Crippen molar-refractivity contribution in [3.63, 3.8) is 0 Å². The van der Waals surface area contributed by atoms with Gasteiger partial charge in [-0.25, -0.2) is 4.79 Å². The highest BCUT2D eigenvalue weighted by Gasteiger charge is 2.32. The lowest BCUT2D eigenvalue weighted by molar-refractivity contribution is -0.134. The van der Waals surface area contributed by atoms with Gasteiger partial charge in [0.2, 0.25) is 0 Å². The zero-order valence-corrected chi connectivity index (χ0v) is 19.8. The van der Waals surface area contributed by atoms with E-state index < -0.39 is 12.9 Å². The Balaban J connectivity index is 2.24. The number of Topliss-reactive ketones (excluding diaryl/α,β-unsaturated/α-hetero) is 1. The van der Waals surface area contributed by atoms with E-state index in [1.54, 1.807) is 6.08 Å². The van der Waals surface area contributed by atoms with Crippen molar-refractivity contribution in [2.24, 2.45) is 0 Å². The van der Waals surface area contributed by atoms with Crippen LogP contribution in [0.5, 0.6) is 0 Å². The molecule has 0 bridgehead atoms. The van der Waals surface area contributed by atoms with Crippen LogP contribution in [-0.2, 0) is 9.53 Å². The van der Waals surface area contributed by atoms with Gasteiger partial charge in [0.05, 0.1) is 7.11 Å². The van der Waals surface area contributed by atoms with Crippen LogP contribution in [0.4, 0.5) is 0 Å². The Morgan fingerprint density at radius 2 is 0.971 bits per heavy atom. The van der Waals surface area contributed by atoms with Crippen molar-refractivity contribution in [3.8, 4) is 0 Å². The molecule has 0 aromatic heterocycles. The van der Waals surface area contributed by atoms with Gasteiger partial charge in [-0.3, -0.25) is 4.79 Å². The first-order valence-electron chi connectivity index (χ1n) is 11.0. The summed E-state index contributed by atoms with van der Waals surface area (Å²) in [7, 11) is 1.33. The van der Waals surface area contributed by atoms with Crippen molar-refractivity contribution >= 4 is 39.8 Å². The molecule has 0 saturated heterocycles. The van der Waals surface area contributed by atoms with Crippen molar-refractivity contribution in [1.29, 1.82) is 0 Å². The quantitative estimate of drug-likeness (QED) is 0.171. The van der Waals surface area contributed by atoms with Crippen molar-refractivity contribution in [2.45, 2.75) is 0 Å². The van der Waals surface area contributed by atoms with Gasteiger partial charge in [-0.2, -0.15) is 0 Å². The smallest absolute Gasteiger partial charge is 0.330 e. The molecule has 34 heavy (non-hydrogen) atoms. The first-order chi connectivity index (χ1) is 16.7. The summed E-state index contributed by atoms with van der Waals surface area (Å²) in [5.74, 6) is -0.628. The van der Waals surface area contributed by atoms with Gasteiger partial charge in [0.15, 0.2) is 5.78 Å². The summed E-state index contributed by atoms with van der Waals surface area (Å²) in [6.45, 7) is -2.68. The fraction of sp³-hybridized carbons (Fsp3) is 0.0333. The second-order valence-corrected chi connectivity index (χ2v) is 11.0.